The minimum absolute atomic E-state index is 0.572. The molecule has 4 rings (SSSR count). The van der Waals surface area contributed by atoms with Crippen LogP contribution in [0.5, 0.6) is 0 Å². The highest BCUT2D eigenvalue weighted by Crippen LogP contribution is 2.33. The summed E-state index contributed by atoms with van der Waals surface area (Å²) in [5.41, 5.74) is 5.25. The quantitative estimate of drug-likeness (QED) is 0.808. The maximum atomic E-state index is 9.45. The Morgan fingerprint density at radius 2 is 1.86 bits per heavy atom. The molecule has 0 spiro atoms. The summed E-state index contributed by atoms with van der Waals surface area (Å²) < 4.78 is 0. The van der Waals surface area contributed by atoms with Crippen LogP contribution < -0.4 is 4.90 Å². The van der Waals surface area contributed by atoms with Gasteiger partial charge in [-0.2, -0.15) is 5.26 Å². The Hall–Kier alpha value is -2.41. The number of hydrogen-bond acceptors (Lipinski definition) is 4. The van der Waals surface area contributed by atoms with Gasteiger partial charge in [0.25, 0.3) is 0 Å². The van der Waals surface area contributed by atoms with Crippen molar-refractivity contribution < 1.29 is 0 Å². The van der Waals surface area contributed by atoms with Crippen molar-refractivity contribution in [1.29, 1.82) is 5.26 Å². The van der Waals surface area contributed by atoms with E-state index in [1.54, 1.807) is 0 Å². The fourth-order valence-electron chi connectivity index (χ4n) is 3.54. The van der Waals surface area contributed by atoms with E-state index < -0.39 is 0 Å². The van der Waals surface area contributed by atoms with E-state index in [4.69, 9.17) is 4.98 Å². The normalized spacial score (nSPS) is 16.6. The number of aromatic nitrogens is 2. The maximum absolute atomic E-state index is 9.45. The molecular formula is C18H18N4. The highest BCUT2D eigenvalue weighted by Gasteiger charge is 2.24. The summed E-state index contributed by atoms with van der Waals surface area (Å²) in [6.45, 7) is 0.917. The summed E-state index contributed by atoms with van der Waals surface area (Å²) in [4.78, 5) is 11.6. The van der Waals surface area contributed by atoms with Crippen molar-refractivity contribution >= 4 is 11.6 Å². The third-order valence-electron chi connectivity index (χ3n) is 4.63. The minimum Gasteiger partial charge on any atom is -0.310 e. The topological polar surface area (TPSA) is 52.8 Å². The van der Waals surface area contributed by atoms with Gasteiger partial charge in [0.1, 0.15) is 11.8 Å². The molecule has 0 saturated carbocycles. The van der Waals surface area contributed by atoms with Crippen LogP contribution in [0.25, 0.3) is 0 Å². The number of anilines is 2. The van der Waals surface area contributed by atoms with Crippen LogP contribution in [0.3, 0.4) is 0 Å². The van der Waals surface area contributed by atoms with Gasteiger partial charge in [-0.15, -0.1) is 0 Å². The summed E-state index contributed by atoms with van der Waals surface area (Å²) in [5.74, 6) is 0.698. The Morgan fingerprint density at radius 3 is 2.77 bits per heavy atom. The van der Waals surface area contributed by atoms with Crippen LogP contribution in [0, 0.1) is 11.3 Å². The van der Waals surface area contributed by atoms with Crippen molar-refractivity contribution in [2.24, 2.45) is 0 Å². The van der Waals surface area contributed by atoms with Crippen molar-refractivity contribution in [3.63, 3.8) is 0 Å². The molecule has 2 aromatic rings. The molecule has 1 aromatic carbocycles. The zero-order valence-electron chi connectivity index (χ0n) is 12.5. The molecule has 0 atom stereocenters. The highest BCUT2D eigenvalue weighted by atomic mass is 15.3. The van der Waals surface area contributed by atoms with E-state index in [0.29, 0.717) is 11.6 Å². The first kappa shape index (κ1) is 13.3. The smallest absolute Gasteiger partial charge is 0.231 e. The first-order valence-corrected chi connectivity index (χ1v) is 8.02. The summed E-state index contributed by atoms with van der Waals surface area (Å²) in [6, 6.07) is 10.7. The third kappa shape index (κ3) is 2.14. The number of rotatable bonds is 1. The van der Waals surface area contributed by atoms with E-state index in [1.165, 1.54) is 11.3 Å². The number of nitrogens with zero attached hydrogens (tertiary/aromatic N) is 4. The Morgan fingerprint density at radius 1 is 1.00 bits per heavy atom. The second kappa shape index (κ2) is 5.42. The van der Waals surface area contributed by atoms with E-state index in [1.807, 2.05) is 0 Å². The fraction of sp³-hybridized carbons (Fsp3) is 0.389. The molecule has 0 N–H and O–H groups in total. The number of nitriles is 1. The van der Waals surface area contributed by atoms with E-state index in [9.17, 15) is 5.26 Å². The number of benzene rings is 1. The van der Waals surface area contributed by atoms with Gasteiger partial charge >= 0.3 is 0 Å². The molecule has 4 nitrogen and oxygen atoms in total. The summed E-state index contributed by atoms with van der Waals surface area (Å²) >= 11 is 0. The van der Waals surface area contributed by atoms with Crippen LogP contribution in [-0.4, -0.2) is 16.5 Å². The van der Waals surface area contributed by atoms with Crippen molar-refractivity contribution in [3.8, 4) is 6.07 Å². The Labute approximate surface area is 130 Å². The van der Waals surface area contributed by atoms with Gasteiger partial charge < -0.3 is 4.90 Å². The van der Waals surface area contributed by atoms with Crippen molar-refractivity contribution in [2.75, 3.05) is 11.4 Å². The molecule has 1 aliphatic carbocycles. The van der Waals surface area contributed by atoms with Gasteiger partial charge in [0, 0.05) is 17.8 Å². The zero-order valence-corrected chi connectivity index (χ0v) is 12.5. The Bertz CT molecular complexity index is 760. The lowest BCUT2D eigenvalue weighted by Crippen LogP contribution is -2.27. The molecule has 1 aromatic heterocycles. The van der Waals surface area contributed by atoms with Gasteiger partial charge in [-0.1, -0.05) is 18.2 Å². The molecular weight excluding hydrogens is 272 g/mol. The average Bonchev–Trinajstić information content (AvgIpc) is 2.60. The molecule has 1 aliphatic heterocycles. The Balaban J connectivity index is 1.83. The lowest BCUT2D eigenvalue weighted by molar-refractivity contribution is 0.655. The van der Waals surface area contributed by atoms with Crippen molar-refractivity contribution in [2.45, 2.75) is 38.5 Å². The van der Waals surface area contributed by atoms with Crippen LogP contribution >= 0.6 is 0 Å². The monoisotopic (exact) mass is 290 g/mol. The van der Waals surface area contributed by atoms with Crippen molar-refractivity contribution in [1.82, 2.24) is 9.97 Å². The number of hydrogen-bond donors (Lipinski definition) is 0. The van der Waals surface area contributed by atoms with E-state index in [0.717, 1.165) is 56.3 Å². The van der Waals surface area contributed by atoms with Crippen LogP contribution in [0.1, 0.15) is 41.8 Å². The number of para-hydroxylation sites is 1. The molecule has 0 radical (unpaired) electrons. The molecule has 0 bridgehead atoms. The second-order valence-corrected chi connectivity index (χ2v) is 6.00. The van der Waals surface area contributed by atoms with Gasteiger partial charge in [-0.05, 0) is 50.2 Å². The molecule has 0 fully saturated rings. The lowest BCUT2D eigenvalue weighted by Gasteiger charge is -2.30. The van der Waals surface area contributed by atoms with Crippen LogP contribution in [-0.2, 0) is 19.3 Å². The standard InChI is InChI=1S/C18H18N4/c19-12-16-14-8-2-3-9-15(14)20-18(21-16)22-11-5-7-13-6-1-4-10-17(13)22/h1,4,6,10H,2-3,5,7-9,11H2. The summed E-state index contributed by atoms with van der Waals surface area (Å²) in [7, 11) is 0. The Kier molecular flexibility index (Phi) is 3.27. The molecule has 22 heavy (non-hydrogen) atoms. The van der Waals surface area contributed by atoms with E-state index in [2.05, 4.69) is 40.2 Å². The summed E-state index contributed by atoms with van der Waals surface area (Å²) in [6.07, 6.45) is 6.40. The zero-order chi connectivity index (χ0) is 14.9. The van der Waals surface area contributed by atoms with E-state index in [-0.39, 0.29) is 0 Å². The van der Waals surface area contributed by atoms with Crippen LogP contribution in [0.4, 0.5) is 11.6 Å². The largest absolute Gasteiger partial charge is 0.310 e. The number of fused-ring (bicyclic) bond motifs is 2. The first-order valence-electron chi connectivity index (χ1n) is 8.02. The summed E-state index contributed by atoms with van der Waals surface area (Å²) in [5, 5.41) is 9.45. The molecule has 0 amide bonds. The van der Waals surface area contributed by atoms with Crippen molar-refractivity contribution in [3.05, 3.63) is 46.8 Å². The third-order valence-corrected chi connectivity index (χ3v) is 4.63. The van der Waals surface area contributed by atoms with Crippen LogP contribution in [0.15, 0.2) is 24.3 Å². The molecule has 0 unspecified atom stereocenters. The molecule has 2 heterocycles. The molecule has 2 aliphatic rings. The van der Waals surface area contributed by atoms with Gasteiger partial charge in [0.2, 0.25) is 5.95 Å². The second-order valence-electron chi connectivity index (χ2n) is 6.00. The number of aryl methyl sites for hydroxylation is 2. The molecule has 110 valence electrons. The fourth-order valence-corrected chi connectivity index (χ4v) is 3.54. The van der Waals surface area contributed by atoms with E-state index >= 15 is 0 Å². The highest BCUT2D eigenvalue weighted by molar-refractivity contribution is 5.64. The predicted molar refractivity (Wildman–Crippen MR) is 85.2 cm³/mol. The lowest BCUT2D eigenvalue weighted by atomic mass is 9.95. The van der Waals surface area contributed by atoms with Gasteiger partial charge in [0.05, 0.1) is 5.69 Å². The van der Waals surface area contributed by atoms with Gasteiger partial charge in [-0.3, -0.25) is 0 Å². The van der Waals surface area contributed by atoms with Gasteiger partial charge in [-0.25, -0.2) is 9.97 Å². The molecule has 0 saturated heterocycles. The SMILES string of the molecule is N#Cc1nc(N2CCCc3ccccc32)nc2c1CCCC2. The predicted octanol–water partition coefficient (Wildman–Crippen LogP) is 3.31. The van der Waals surface area contributed by atoms with Gasteiger partial charge in [0.15, 0.2) is 0 Å². The first-order chi connectivity index (χ1) is 10.9. The van der Waals surface area contributed by atoms with Crippen LogP contribution in [0.2, 0.25) is 0 Å². The maximum Gasteiger partial charge on any atom is 0.231 e. The minimum atomic E-state index is 0.572. The molecule has 4 heteroatoms. The average molecular weight is 290 g/mol.